The molecule has 1 aromatic heterocycles. The van der Waals surface area contributed by atoms with E-state index in [1.54, 1.807) is 42.7 Å². The third-order valence-electron chi connectivity index (χ3n) is 4.19. The number of benzene rings is 1. The maximum Gasteiger partial charge on any atom is 0.251 e. The third-order valence-corrected chi connectivity index (χ3v) is 4.19. The highest BCUT2D eigenvalue weighted by atomic mass is 16.1. The first kappa shape index (κ1) is 16.4. The lowest BCUT2D eigenvalue weighted by atomic mass is 10.0. The fraction of sp³-hybridized carbons (Fsp3) is 0.333. The van der Waals surface area contributed by atoms with Crippen molar-refractivity contribution in [3.63, 3.8) is 0 Å². The summed E-state index contributed by atoms with van der Waals surface area (Å²) < 4.78 is 0. The zero-order chi connectivity index (χ0) is 16.8. The summed E-state index contributed by atoms with van der Waals surface area (Å²) in [5, 5.41) is 6.24. The molecular weight excluding hydrogens is 304 g/mol. The van der Waals surface area contributed by atoms with Gasteiger partial charge in [0.25, 0.3) is 5.91 Å². The second-order valence-electron chi connectivity index (χ2n) is 5.85. The van der Waals surface area contributed by atoms with Gasteiger partial charge >= 0.3 is 0 Å². The number of aromatic nitrogens is 1. The van der Waals surface area contributed by atoms with Crippen LogP contribution in [-0.4, -0.2) is 60.8 Å². The monoisotopic (exact) mass is 326 g/mol. The van der Waals surface area contributed by atoms with Crippen molar-refractivity contribution in [3.8, 4) is 0 Å². The molecule has 2 heterocycles. The van der Waals surface area contributed by atoms with E-state index >= 15 is 0 Å². The molecule has 6 nitrogen and oxygen atoms in total. The highest BCUT2D eigenvalue weighted by molar-refractivity contribution is 6.09. The number of amides is 1. The number of hydrogen-bond acceptors (Lipinski definition) is 4. The number of H-pyrrole nitrogens is 1. The Morgan fingerprint density at radius 1 is 1.00 bits per heavy atom. The molecule has 6 heteroatoms. The molecule has 126 valence electrons. The van der Waals surface area contributed by atoms with Gasteiger partial charge in [0.05, 0.1) is 0 Å². The predicted octanol–water partition coefficient (Wildman–Crippen LogP) is 0.881. The largest absolute Gasteiger partial charge is 0.367 e. The molecule has 1 aromatic carbocycles. The average molecular weight is 326 g/mol. The first-order chi connectivity index (χ1) is 11.7. The van der Waals surface area contributed by atoms with Gasteiger partial charge in [-0.1, -0.05) is 12.1 Å². The molecule has 0 unspecified atom stereocenters. The van der Waals surface area contributed by atoms with Gasteiger partial charge in [-0.25, -0.2) is 0 Å². The van der Waals surface area contributed by atoms with Crippen LogP contribution in [0.15, 0.2) is 42.7 Å². The van der Waals surface area contributed by atoms with Crippen LogP contribution in [0.4, 0.5) is 0 Å². The first-order valence-corrected chi connectivity index (χ1v) is 8.23. The number of piperazine rings is 1. The van der Waals surface area contributed by atoms with E-state index in [9.17, 15) is 9.59 Å². The van der Waals surface area contributed by atoms with Crippen molar-refractivity contribution in [2.45, 2.75) is 0 Å². The van der Waals surface area contributed by atoms with Crippen LogP contribution in [-0.2, 0) is 0 Å². The zero-order valence-corrected chi connectivity index (χ0v) is 13.5. The van der Waals surface area contributed by atoms with Crippen molar-refractivity contribution < 1.29 is 9.59 Å². The average Bonchev–Trinajstić information content (AvgIpc) is 3.17. The number of nitrogens with zero attached hydrogens (tertiary/aromatic N) is 1. The number of rotatable bonds is 6. The summed E-state index contributed by atoms with van der Waals surface area (Å²) >= 11 is 0. The Morgan fingerprint density at radius 3 is 2.38 bits per heavy atom. The van der Waals surface area contributed by atoms with Crippen LogP contribution < -0.4 is 10.6 Å². The second kappa shape index (κ2) is 7.90. The number of ketones is 1. The summed E-state index contributed by atoms with van der Waals surface area (Å²) in [5.41, 5.74) is 1.76. The zero-order valence-electron chi connectivity index (χ0n) is 13.5. The number of carbonyl (C=O) groups is 2. The molecule has 0 atom stereocenters. The number of carbonyl (C=O) groups excluding carboxylic acids is 2. The molecule has 1 amide bonds. The van der Waals surface area contributed by atoms with E-state index in [4.69, 9.17) is 0 Å². The lowest BCUT2D eigenvalue weighted by molar-refractivity contribution is 0.0946. The van der Waals surface area contributed by atoms with Gasteiger partial charge in [0.15, 0.2) is 5.78 Å². The predicted molar refractivity (Wildman–Crippen MR) is 92.3 cm³/mol. The van der Waals surface area contributed by atoms with Gasteiger partial charge in [0.2, 0.25) is 0 Å². The summed E-state index contributed by atoms with van der Waals surface area (Å²) in [6.45, 7) is 5.53. The summed E-state index contributed by atoms with van der Waals surface area (Å²) in [6.07, 6.45) is 3.38. The van der Waals surface area contributed by atoms with E-state index in [-0.39, 0.29) is 11.7 Å². The lowest BCUT2D eigenvalue weighted by Gasteiger charge is -2.27. The van der Waals surface area contributed by atoms with Crippen LogP contribution in [0.2, 0.25) is 0 Å². The van der Waals surface area contributed by atoms with Crippen LogP contribution in [0.3, 0.4) is 0 Å². The third kappa shape index (κ3) is 4.10. The van der Waals surface area contributed by atoms with Gasteiger partial charge < -0.3 is 15.6 Å². The minimum Gasteiger partial charge on any atom is -0.367 e. The minimum absolute atomic E-state index is 0.0538. The van der Waals surface area contributed by atoms with Crippen LogP contribution in [0.25, 0.3) is 0 Å². The molecule has 0 bridgehead atoms. The Hall–Kier alpha value is -2.44. The van der Waals surface area contributed by atoms with Crippen molar-refractivity contribution in [1.82, 2.24) is 20.5 Å². The number of nitrogens with one attached hydrogen (secondary N) is 3. The van der Waals surface area contributed by atoms with E-state index in [1.165, 1.54) is 0 Å². The summed E-state index contributed by atoms with van der Waals surface area (Å²) in [4.78, 5) is 29.6. The Balaban J connectivity index is 1.51. The molecule has 1 saturated heterocycles. The van der Waals surface area contributed by atoms with Crippen molar-refractivity contribution in [2.75, 3.05) is 39.3 Å². The Kier molecular flexibility index (Phi) is 5.40. The molecule has 1 aliphatic rings. The van der Waals surface area contributed by atoms with Gasteiger partial charge in [-0.3, -0.25) is 14.5 Å². The smallest absolute Gasteiger partial charge is 0.251 e. The Morgan fingerprint density at radius 2 is 1.71 bits per heavy atom. The van der Waals surface area contributed by atoms with Crippen LogP contribution in [0.1, 0.15) is 26.3 Å². The van der Waals surface area contributed by atoms with Crippen molar-refractivity contribution in [1.29, 1.82) is 0 Å². The number of aromatic amines is 1. The van der Waals surface area contributed by atoms with Crippen molar-refractivity contribution in [2.24, 2.45) is 0 Å². The van der Waals surface area contributed by atoms with Crippen molar-refractivity contribution >= 4 is 11.7 Å². The van der Waals surface area contributed by atoms with E-state index in [1.807, 2.05) is 0 Å². The van der Waals surface area contributed by atoms with Gasteiger partial charge in [0.1, 0.15) is 0 Å². The van der Waals surface area contributed by atoms with E-state index in [0.29, 0.717) is 23.2 Å². The molecule has 24 heavy (non-hydrogen) atoms. The van der Waals surface area contributed by atoms with Crippen LogP contribution >= 0.6 is 0 Å². The van der Waals surface area contributed by atoms with Crippen LogP contribution in [0.5, 0.6) is 0 Å². The molecule has 1 fully saturated rings. The normalized spacial score (nSPS) is 15.2. The lowest BCUT2D eigenvalue weighted by Crippen LogP contribution is -2.46. The van der Waals surface area contributed by atoms with Gasteiger partial charge in [0, 0.05) is 68.4 Å². The summed E-state index contributed by atoms with van der Waals surface area (Å²) in [6, 6.07) is 8.51. The fourth-order valence-electron chi connectivity index (χ4n) is 2.77. The fourth-order valence-corrected chi connectivity index (χ4v) is 2.77. The van der Waals surface area contributed by atoms with E-state index in [2.05, 4.69) is 20.5 Å². The quantitative estimate of drug-likeness (QED) is 0.689. The van der Waals surface area contributed by atoms with Gasteiger partial charge in [-0.2, -0.15) is 0 Å². The van der Waals surface area contributed by atoms with E-state index < -0.39 is 0 Å². The van der Waals surface area contributed by atoms with Crippen molar-refractivity contribution in [3.05, 3.63) is 59.4 Å². The minimum atomic E-state index is -0.106. The Bertz CT molecular complexity index is 674. The summed E-state index contributed by atoms with van der Waals surface area (Å²) in [5.74, 6) is -0.160. The van der Waals surface area contributed by atoms with Gasteiger partial charge in [-0.15, -0.1) is 0 Å². The molecule has 0 radical (unpaired) electrons. The molecule has 2 aromatic rings. The molecular formula is C18H22N4O2. The maximum atomic E-state index is 12.2. The molecule has 3 rings (SSSR count). The highest BCUT2D eigenvalue weighted by Gasteiger charge is 2.12. The number of hydrogen-bond donors (Lipinski definition) is 3. The SMILES string of the molecule is O=C(NCCN1CCNCC1)c1ccc(C(=O)c2cc[nH]c2)cc1. The molecule has 0 spiro atoms. The van der Waals surface area contributed by atoms with Crippen LogP contribution in [0, 0.1) is 0 Å². The molecule has 3 N–H and O–H groups in total. The first-order valence-electron chi connectivity index (χ1n) is 8.23. The molecule has 0 saturated carbocycles. The second-order valence-corrected chi connectivity index (χ2v) is 5.85. The molecule has 0 aliphatic carbocycles. The molecule has 1 aliphatic heterocycles. The highest BCUT2D eigenvalue weighted by Crippen LogP contribution is 2.10. The van der Waals surface area contributed by atoms with E-state index in [0.717, 1.165) is 32.7 Å². The topological polar surface area (TPSA) is 77.2 Å². The van der Waals surface area contributed by atoms with Gasteiger partial charge in [-0.05, 0) is 18.2 Å². The standard InChI is InChI=1S/C18H22N4O2/c23-17(16-5-6-20-13-16)14-1-3-15(4-2-14)18(24)21-9-12-22-10-7-19-8-11-22/h1-6,13,19-20H,7-12H2,(H,21,24). The summed E-state index contributed by atoms with van der Waals surface area (Å²) in [7, 11) is 0. The Labute approximate surface area is 141 Å². The maximum absolute atomic E-state index is 12.2.